The number of benzene rings is 2. The monoisotopic (exact) mass is 282 g/mol. The highest BCUT2D eigenvalue weighted by Crippen LogP contribution is 2.18. The summed E-state index contributed by atoms with van der Waals surface area (Å²) in [5.74, 6) is 4.67. The second-order valence-corrected chi connectivity index (χ2v) is 4.47. The number of hydrogen-bond donors (Lipinski definition) is 2. The van der Waals surface area contributed by atoms with Gasteiger partial charge in [-0.05, 0) is 42.8 Å². The zero-order valence-corrected chi connectivity index (χ0v) is 11.6. The van der Waals surface area contributed by atoms with Crippen molar-refractivity contribution >= 4 is 11.6 Å². The first-order chi connectivity index (χ1) is 10.1. The first kappa shape index (κ1) is 14.8. The van der Waals surface area contributed by atoms with Crippen molar-refractivity contribution in [3.63, 3.8) is 0 Å². The summed E-state index contributed by atoms with van der Waals surface area (Å²) in [7, 11) is 0. The number of aryl methyl sites for hydroxylation is 1. The first-order valence-corrected chi connectivity index (χ1v) is 6.47. The molecule has 0 aliphatic heterocycles. The van der Waals surface area contributed by atoms with Crippen LogP contribution >= 0.6 is 0 Å². The average Bonchev–Trinajstić information content (AvgIpc) is 2.48. The summed E-state index contributed by atoms with van der Waals surface area (Å²) in [6.45, 7) is 2.15. The maximum atomic E-state index is 13.6. The summed E-state index contributed by atoms with van der Waals surface area (Å²) in [5.41, 5.74) is 7.64. The fourth-order valence-electron chi connectivity index (χ4n) is 1.87. The van der Waals surface area contributed by atoms with E-state index in [1.165, 1.54) is 12.1 Å². The van der Waals surface area contributed by atoms with E-state index < -0.39 is 11.7 Å². The van der Waals surface area contributed by atoms with Gasteiger partial charge in [-0.1, -0.05) is 24.0 Å². The molecule has 0 radical (unpaired) electrons. The van der Waals surface area contributed by atoms with E-state index >= 15 is 0 Å². The fourth-order valence-corrected chi connectivity index (χ4v) is 1.87. The van der Waals surface area contributed by atoms with Crippen molar-refractivity contribution in [1.82, 2.24) is 0 Å². The van der Waals surface area contributed by atoms with Crippen LogP contribution in [0.2, 0.25) is 0 Å². The Hall–Kier alpha value is -2.64. The highest BCUT2D eigenvalue weighted by atomic mass is 19.1. The lowest BCUT2D eigenvalue weighted by Crippen LogP contribution is -2.14. The predicted molar refractivity (Wildman–Crippen MR) is 81.5 cm³/mol. The van der Waals surface area contributed by atoms with Gasteiger partial charge in [0, 0.05) is 11.3 Å². The molecule has 3 nitrogen and oxygen atoms in total. The van der Waals surface area contributed by atoms with Gasteiger partial charge in [-0.2, -0.15) is 0 Å². The summed E-state index contributed by atoms with van der Waals surface area (Å²) in [6.07, 6.45) is 0. The predicted octanol–water partition coefficient (Wildman–Crippen LogP) is 2.70. The molecule has 3 N–H and O–H groups in total. The third kappa shape index (κ3) is 3.68. The third-order valence-corrected chi connectivity index (χ3v) is 2.93. The molecule has 0 saturated heterocycles. The molecule has 0 bridgehead atoms. The third-order valence-electron chi connectivity index (χ3n) is 2.93. The van der Waals surface area contributed by atoms with E-state index in [0.29, 0.717) is 12.2 Å². The number of carbonyl (C=O) groups excluding carboxylic acids is 1. The Morgan fingerprint density at radius 3 is 2.71 bits per heavy atom. The van der Waals surface area contributed by atoms with Crippen LogP contribution in [0, 0.1) is 24.6 Å². The molecule has 106 valence electrons. The topological polar surface area (TPSA) is 55.1 Å². The van der Waals surface area contributed by atoms with E-state index in [0.717, 1.165) is 11.1 Å². The van der Waals surface area contributed by atoms with Gasteiger partial charge in [-0.25, -0.2) is 4.39 Å². The summed E-state index contributed by atoms with van der Waals surface area (Å²) in [5, 5.41) is 2.70. The summed E-state index contributed by atoms with van der Waals surface area (Å²) in [6, 6.07) is 11.2. The second-order valence-electron chi connectivity index (χ2n) is 4.47. The summed E-state index contributed by atoms with van der Waals surface area (Å²) in [4.78, 5) is 12.0. The number of anilines is 1. The molecule has 2 rings (SSSR count). The smallest absolute Gasteiger partial charge is 0.258 e. The fraction of sp³-hybridized carbons (Fsp3) is 0.118. The van der Waals surface area contributed by atoms with Crippen molar-refractivity contribution in [2.75, 3.05) is 11.9 Å². The molecule has 0 atom stereocenters. The van der Waals surface area contributed by atoms with Gasteiger partial charge in [-0.3, -0.25) is 4.79 Å². The van der Waals surface area contributed by atoms with Crippen LogP contribution in [-0.2, 0) is 0 Å². The maximum Gasteiger partial charge on any atom is 0.258 e. The van der Waals surface area contributed by atoms with Gasteiger partial charge in [0.05, 0.1) is 12.1 Å². The van der Waals surface area contributed by atoms with Gasteiger partial charge >= 0.3 is 0 Å². The van der Waals surface area contributed by atoms with Crippen LogP contribution < -0.4 is 11.1 Å². The minimum Gasteiger partial charge on any atom is -0.322 e. The van der Waals surface area contributed by atoms with Gasteiger partial charge in [-0.15, -0.1) is 0 Å². The molecule has 0 spiro atoms. The highest BCUT2D eigenvalue weighted by molar-refractivity contribution is 6.04. The SMILES string of the molecule is Cc1cc(C#CCN)ccc1NC(=O)c1ccccc1F. The molecule has 0 aliphatic rings. The second kappa shape index (κ2) is 6.69. The Bertz CT molecular complexity index is 729. The number of nitrogens with one attached hydrogen (secondary N) is 1. The molecule has 2 aromatic rings. The van der Waals surface area contributed by atoms with Crippen LogP contribution in [0.5, 0.6) is 0 Å². The molecule has 0 fully saturated rings. The molecule has 4 heteroatoms. The summed E-state index contributed by atoms with van der Waals surface area (Å²) < 4.78 is 13.6. The Kier molecular flexibility index (Phi) is 4.70. The molecule has 1 amide bonds. The number of amides is 1. The average molecular weight is 282 g/mol. The maximum absolute atomic E-state index is 13.6. The molecular formula is C17H15FN2O. The van der Waals surface area contributed by atoms with Gasteiger partial charge in [0.1, 0.15) is 5.82 Å². The number of carbonyl (C=O) groups is 1. The van der Waals surface area contributed by atoms with Crippen molar-refractivity contribution < 1.29 is 9.18 Å². The number of nitrogens with two attached hydrogens (primary N) is 1. The largest absolute Gasteiger partial charge is 0.322 e. The van der Waals surface area contributed by atoms with Gasteiger partial charge in [0.25, 0.3) is 5.91 Å². The Labute approximate surface area is 123 Å². The van der Waals surface area contributed by atoms with Crippen molar-refractivity contribution in [2.24, 2.45) is 5.73 Å². The van der Waals surface area contributed by atoms with Crippen molar-refractivity contribution in [2.45, 2.75) is 6.92 Å². The molecule has 0 heterocycles. The minimum atomic E-state index is -0.543. The van der Waals surface area contributed by atoms with Gasteiger partial charge < -0.3 is 11.1 Å². The van der Waals surface area contributed by atoms with Crippen molar-refractivity contribution in [1.29, 1.82) is 0 Å². The molecule has 21 heavy (non-hydrogen) atoms. The zero-order valence-electron chi connectivity index (χ0n) is 11.6. The molecule has 0 unspecified atom stereocenters. The van der Waals surface area contributed by atoms with Crippen molar-refractivity contribution in [3.05, 3.63) is 65.0 Å². The van der Waals surface area contributed by atoms with E-state index in [1.807, 2.05) is 13.0 Å². The quantitative estimate of drug-likeness (QED) is 0.832. The van der Waals surface area contributed by atoms with Crippen LogP contribution in [0.25, 0.3) is 0 Å². The molecule has 2 aromatic carbocycles. The Morgan fingerprint density at radius 2 is 2.05 bits per heavy atom. The lowest BCUT2D eigenvalue weighted by Gasteiger charge is -2.09. The summed E-state index contributed by atoms with van der Waals surface area (Å²) >= 11 is 0. The highest BCUT2D eigenvalue weighted by Gasteiger charge is 2.11. The molecular weight excluding hydrogens is 267 g/mol. The van der Waals surface area contributed by atoms with E-state index in [2.05, 4.69) is 17.2 Å². The lowest BCUT2D eigenvalue weighted by atomic mass is 10.1. The van der Waals surface area contributed by atoms with Gasteiger partial charge in [0.15, 0.2) is 0 Å². The van der Waals surface area contributed by atoms with Crippen LogP contribution in [-0.4, -0.2) is 12.5 Å². The molecule has 0 aromatic heterocycles. The molecule has 0 aliphatic carbocycles. The standard InChI is InChI=1S/C17H15FN2O/c1-12-11-13(5-4-10-19)8-9-16(12)20-17(21)14-6-2-3-7-15(14)18/h2-3,6-9,11H,10,19H2,1H3,(H,20,21). The normalized spacial score (nSPS) is 9.67. The molecule has 0 saturated carbocycles. The Balaban J connectivity index is 2.20. The number of halogens is 1. The minimum absolute atomic E-state index is 0.0175. The van der Waals surface area contributed by atoms with Crippen LogP contribution in [0.3, 0.4) is 0 Å². The zero-order chi connectivity index (χ0) is 15.2. The first-order valence-electron chi connectivity index (χ1n) is 6.47. The van der Waals surface area contributed by atoms with Crippen LogP contribution in [0.15, 0.2) is 42.5 Å². The number of hydrogen-bond acceptors (Lipinski definition) is 2. The van der Waals surface area contributed by atoms with Crippen LogP contribution in [0.4, 0.5) is 10.1 Å². The Morgan fingerprint density at radius 1 is 1.29 bits per heavy atom. The van der Waals surface area contributed by atoms with E-state index in [-0.39, 0.29) is 5.56 Å². The van der Waals surface area contributed by atoms with Crippen LogP contribution in [0.1, 0.15) is 21.5 Å². The number of rotatable bonds is 2. The van der Waals surface area contributed by atoms with Gasteiger partial charge in [0.2, 0.25) is 0 Å². The van der Waals surface area contributed by atoms with Crippen molar-refractivity contribution in [3.8, 4) is 11.8 Å². The van der Waals surface area contributed by atoms with E-state index in [1.54, 1.807) is 24.3 Å². The lowest BCUT2D eigenvalue weighted by molar-refractivity contribution is 0.102. The van der Waals surface area contributed by atoms with E-state index in [9.17, 15) is 9.18 Å². The van der Waals surface area contributed by atoms with E-state index in [4.69, 9.17) is 5.73 Å².